The molecule has 4 heterocycles. The molecule has 47 heavy (non-hydrogen) atoms. The van der Waals surface area contributed by atoms with E-state index in [0.717, 1.165) is 19.3 Å². The van der Waals surface area contributed by atoms with E-state index in [1.807, 2.05) is 12.2 Å². The fourth-order valence-electron chi connectivity index (χ4n) is 6.37. The van der Waals surface area contributed by atoms with Crippen molar-refractivity contribution in [1.82, 2.24) is 30.7 Å². The Morgan fingerprint density at radius 1 is 1.15 bits per heavy atom. The summed E-state index contributed by atoms with van der Waals surface area (Å²) in [6.45, 7) is 5.03. The van der Waals surface area contributed by atoms with Crippen LogP contribution in [0, 0.1) is 32.5 Å². The number of aromatic nitrogens is 3. The average molecular weight is 649 g/mol. The zero-order chi connectivity index (χ0) is 33.5. The third kappa shape index (κ3) is 6.41. The van der Waals surface area contributed by atoms with E-state index in [2.05, 4.69) is 25.8 Å². The molecule has 3 aliphatic rings. The Hall–Kier alpha value is -4.88. The second kappa shape index (κ2) is 12.7. The van der Waals surface area contributed by atoms with Gasteiger partial charge in [0, 0.05) is 24.0 Å². The topological polar surface area (TPSA) is 177 Å². The molecule has 1 saturated heterocycles. The number of nitrogens with one attached hydrogen (secondary N) is 2. The van der Waals surface area contributed by atoms with Crippen LogP contribution in [0.3, 0.4) is 0 Å². The van der Waals surface area contributed by atoms with Crippen molar-refractivity contribution in [2.75, 3.05) is 6.54 Å². The number of halogens is 1. The normalized spacial score (nSPS) is 27.2. The highest BCUT2D eigenvalue weighted by atomic mass is 19.1. The fraction of sp³-hybridized carbons (Fsp3) is 0.485. The highest BCUT2D eigenvalue weighted by Gasteiger charge is 2.61. The zero-order valence-electron chi connectivity index (χ0n) is 26.4. The number of aryl methyl sites for hydroxylation is 2. The molecule has 0 bridgehead atoms. The van der Waals surface area contributed by atoms with Crippen LogP contribution >= 0.6 is 0 Å². The summed E-state index contributed by atoms with van der Waals surface area (Å²) in [5, 5.41) is 19.5. The summed E-state index contributed by atoms with van der Waals surface area (Å²) in [6.07, 6.45) is 6.54. The molecule has 2 aromatic heterocycles. The molecule has 3 aromatic rings. The molecule has 1 saturated carbocycles. The van der Waals surface area contributed by atoms with Crippen LogP contribution in [0.25, 0.3) is 11.0 Å². The number of hydrogen-bond acceptors (Lipinski definition) is 9. The Balaban J connectivity index is 1.31. The Morgan fingerprint density at radius 3 is 2.70 bits per heavy atom. The van der Waals surface area contributed by atoms with Crippen molar-refractivity contribution in [3.63, 3.8) is 0 Å². The summed E-state index contributed by atoms with van der Waals surface area (Å²) in [4.78, 5) is 64.1. The van der Waals surface area contributed by atoms with E-state index in [1.165, 1.54) is 23.1 Å². The zero-order valence-corrected chi connectivity index (χ0v) is 26.4. The number of ether oxygens (including phenoxy) is 1. The molecule has 1 aromatic carbocycles. The molecule has 0 unspecified atom stereocenters. The quantitative estimate of drug-likeness (QED) is 0.348. The van der Waals surface area contributed by atoms with Crippen molar-refractivity contribution in [2.24, 2.45) is 5.92 Å². The number of carbonyl (C=O) groups excluding carboxylic acids is 3. The molecular formula is C33H37FN6O7. The summed E-state index contributed by atoms with van der Waals surface area (Å²) in [5.74, 6) is -3.11. The molecule has 3 N–H and O–H groups in total. The highest BCUT2D eigenvalue weighted by molar-refractivity contribution is 5.99. The van der Waals surface area contributed by atoms with Crippen molar-refractivity contribution in [2.45, 2.75) is 89.4 Å². The van der Waals surface area contributed by atoms with Gasteiger partial charge in [-0.15, -0.1) is 0 Å². The van der Waals surface area contributed by atoms with Crippen molar-refractivity contribution in [3.8, 4) is 5.88 Å². The minimum absolute atomic E-state index is 0.0261. The van der Waals surface area contributed by atoms with E-state index in [9.17, 15) is 28.7 Å². The molecule has 6 rings (SSSR count). The van der Waals surface area contributed by atoms with Gasteiger partial charge in [-0.25, -0.2) is 19.2 Å². The monoisotopic (exact) mass is 648 g/mol. The average Bonchev–Trinajstić information content (AvgIpc) is 3.38. The largest absolute Gasteiger partial charge is 0.479 e. The molecular weight excluding hydrogens is 611 g/mol. The molecule has 14 heteroatoms. The first-order valence-electron chi connectivity index (χ1n) is 15.8. The maximum atomic E-state index is 14.3. The first-order chi connectivity index (χ1) is 22.5. The van der Waals surface area contributed by atoms with Crippen LogP contribution < -0.4 is 15.4 Å². The van der Waals surface area contributed by atoms with Gasteiger partial charge >= 0.3 is 5.97 Å². The number of fused-ring (bicyclic) bond motifs is 3. The van der Waals surface area contributed by atoms with Gasteiger partial charge in [0.2, 0.25) is 17.7 Å². The van der Waals surface area contributed by atoms with Gasteiger partial charge in [0.25, 0.3) is 5.91 Å². The van der Waals surface area contributed by atoms with Crippen LogP contribution in [-0.2, 0) is 14.4 Å². The Kier molecular flexibility index (Phi) is 8.68. The van der Waals surface area contributed by atoms with Gasteiger partial charge in [-0.05, 0) is 58.6 Å². The Morgan fingerprint density at radius 2 is 1.96 bits per heavy atom. The van der Waals surface area contributed by atoms with Crippen molar-refractivity contribution in [3.05, 3.63) is 58.9 Å². The van der Waals surface area contributed by atoms with Crippen LogP contribution in [-0.4, -0.2) is 79.1 Å². The summed E-state index contributed by atoms with van der Waals surface area (Å²) < 4.78 is 25.3. The number of benzene rings is 1. The number of rotatable bonds is 5. The van der Waals surface area contributed by atoms with Crippen molar-refractivity contribution >= 4 is 34.7 Å². The van der Waals surface area contributed by atoms with Gasteiger partial charge in [-0.3, -0.25) is 14.4 Å². The third-order valence-electron chi connectivity index (χ3n) is 9.33. The van der Waals surface area contributed by atoms with Crippen LogP contribution in [0.4, 0.5) is 4.39 Å². The number of hydrogen-bond donors (Lipinski definition) is 3. The summed E-state index contributed by atoms with van der Waals surface area (Å²) in [5.41, 5.74) is 0.346. The molecule has 248 valence electrons. The summed E-state index contributed by atoms with van der Waals surface area (Å²) in [6, 6.07) is 1.94. The second-order valence-electron chi connectivity index (χ2n) is 12.6. The molecule has 2 aliphatic heterocycles. The molecule has 2 fully saturated rings. The maximum absolute atomic E-state index is 14.3. The molecule has 0 radical (unpaired) electrons. The van der Waals surface area contributed by atoms with Gasteiger partial charge in [0.15, 0.2) is 5.69 Å². The predicted molar refractivity (Wildman–Crippen MR) is 165 cm³/mol. The van der Waals surface area contributed by atoms with E-state index < -0.39 is 53.2 Å². The van der Waals surface area contributed by atoms with Crippen LogP contribution in [0.15, 0.2) is 34.9 Å². The van der Waals surface area contributed by atoms with E-state index in [4.69, 9.17) is 9.26 Å². The SMILES string of the molecule is Cc1nc2ccc(F)cc2nc1O[C@@H]1C[C@H]2C(=O)N[C@]3(C(=O)O)C[C@H]3/C=C\CCCCC[C@H](NC(=O)c3noc(C)c3C)C(=O)N2C1. The molecule has 5 atom stereocenters. The lowest BCUT2D eigenvalue weighted by Gasteiger charge is -2.29. The fourth-order valence-corrected chi connectivity index (χ4v) is 6.37. The summed E-state index contributed by atoms with van der Waals surface area (Å²) >= 11 is 0. The standard InChI is InChI=1S/C33H37FN6O7/c1-17-19(3)47-39-27(17)29(42)36-24-10-8-6-4-5-7-9-20-15-33(20,32(44)45)38-28(41)26-14-22(16-40(26)31(24)43)46-30-18(2)35-23-12-11-21(34)13-25(23)37-30/h7,9,11-13,20,22,24,26H,4-6,8,10,14-16H2,1-3H3,(H,36,42)(H,38,41)(H,44,45)/b9-7-/t20-,22-,24+,26+,33-/m1/s1. The lowest BCUT2D eigenvalue weighted by molar-refractivity contribution is -0.145. The maximum Gasteiger partial charge on any atom is 0.330 e. The molecule has 13 nitrogen and oxygen atoms in total. The number of carbonyl (C=O) groups is 4. The minimum Gasteiger partial charge on any atom is -0.479 e. The number of carboxylic acid groups (broad SMARTS) is 1. The minimum atomic E-state index is -1.47. The smallest absolute Gasteiger partial charge is 0.330 e. The van der Waals surface area contributed by atoms with E-state index in [1.54, 1.807) is 20.8 Å². The number of nitrogens with zero attached hydrogens (tertiary/aromatic N) is 4. The lowest BCUT2D eigenvalue weighted by atomic mass is 10.0. The van der Waals surface area contributed by atoms with E-state index >= 15 is 0 Å². The molecule has 0 spiro atoms. The van der Waals surface area contributed by atoms with Crippen LogP contribution in [0.2, 0.25) is 0 Å². The first kappa shape index (κ1) is 32.1. The van der Waals surface area contributed by atoms with Gasteiger partial charge in [-0.2, -0.15) is 0 Å². The van der Waals surface area contributed by atoms with E-state index in [0.29, 0.717) is 35.4 Å². The van der Waals surface area contributed by atoms with Crippen molar-refractivity contribution < 1.29 is 37.9 Å². The van der Waals surface area contributed by atoms with Gasteiger partial charge in [-0.1, -0.05) is 30.2 Å². The number of allylic oxidation sites excluding steroid dienone is 1. The van der Waals surface area contributed by atoms with E-state index in [-0.39, 0.29) is 42.4 Å². The molecule has 3 amide bonds. The number of aliphatic carboxylic acids is 1. The van der Waals surface area contributed by atoms with Crippen LogP contribution in [0.1, 0.15) is 72.5 Å². The van der Waals surface area contributed by atoms with Gasteiger partial charge in [0.1, 0.15) is 41.0 Å². The van der Waals surface area contributed by atoms with Gasteiger partial charge < -0.3 is 29.9 Å². The Labute approximate surface area is 269 Å². The highest BCUT2D eigenvalue weighted by Crippen LogP contribution is 2.45. The first-order valence-corrected chi connectivity index (χ1v) is 15.8. The van der Waals surface area contributed by atoms with Crippen molar-refractivity contribution in [1.29, 1.82) is 0 Å². The lowest BCUT2D eigenvalue weighted by Crippen LogP contribution is -2.56. The third-order valence-corrected chi connectivity index (χ3v) is 9.33. The predicted octanol–water partition coefficient (Wildman–Crippen LogP) is 3.31. The van der Waals surface area contributed by atoms with Crippen LogP contribution in [0.5, 0.6) is 5.88 Å². The second-order valence-corrected chi connectivity index (χ2v) is 12.6. The summed E-state index contributed by atoms with van der Waals surface area (Å²) in [7, 11) is 0. The molecule has 1 aliphatic carbocycles. The van der Waals surface area contributed by atoms with Gasteiger partial charge in [0.05, 0.1) is 17.6 Å². The number of carboxylic acids is 1. The number of amides is 3. The Bertz CT molecular complexity index is 1780.